The van der Waals surface area contributed by atoms with E-state index in [9.17, 15) is 0 Å². The second-order valence-corrected chi connectivity index (χ2v) is 7.39. The Kier molecular flexibility index (Phi) is 7.73. The number of nitrogens with zero attached hydrogens (tertiary/aromatic N) is 3. The van der Waals surface area contributed by atoms with E-state index in [0.29, 0.717) is 18.5 Å². The lowest BCUT2D eigenvalue weighted by Gasteiger charge is -2.33. The highest BCUT2D eigenvalue weighted by Crippen LogP contribution is 2.29. The Morgan fingerprint density at radius 3 is 2.61 bits per heavy atom. The molecule has 0 bridgehead atoms. The van der Waals surface area contributed by atoms with Crippen molar-refractivity contribution in [2.75, 3.05) is 19.6 Å². The molecule has 1 saturated carbocycles. The predicted octanol–water partition coefficient (Wildman–Crippen LogP) is 3.64. The zero-order valence-corrected chi connectivity index (χ0v) is 18.8. The van der Waals surface area contributed by atoms with Crippen molar-refractivity contribution in [1.29, 1.82) is 0 Å². The van der Waals surface area contributed by atoms with Crippen LogP contribution in [0.4, 0.5) is 0 Å². The molecule has 152 valence electrons. The second-order valence-electron chi connectivity index (χ2n) is 7.39. The second kappa shape index (κ2) is 10.2. The highest BCUT2D eigenvalue weighted by Gasteiger charge is 2.31. The van der Waals surface area contributed by atoms with Crippen molar-refractivity contribution in [2.24, 2.45) is 4.99 Å². The number of aromatic nitrogens is 1. The lowest BCUT2D eigenvalue weighted by atomic mass is 10.1. The molecule has 1 aliphatic carbocycles. The summed E-state index contributed by atoms with van der Waals surface area (Å²) < 4.78 is 5.61. The number of rotatable bonds is 6. The van der Waals surface area contributed by atoms with Crippen LogP contribution < -0.4 is 10.6 Å². The Morgan fingerprint density at radius 2 is 1.93 bits per heavy atom. The third-order valence-corrected chi connectivity index (χ3v) is 5.25. The predicted molar refractivity (Wildman–Crippen MR) is 123 cm³/mol. The summed E-state index contributed by atoms with van der Waals surface area (Å²) >= 11 is 0. The van der Waals surface area contributed by atoms with E-state index in [1.54, 1.807) is 6.26 Å². The van der Waals surface area contributed by atoms with Crippen LogP contribution in [-0.4, -0.2) is 47.6 Å². The summed E-state index contributed by atoms with van der Waals surface area (Å²) in [4.78, 5) is 11.9. The van der Waals surface area contributed by atoms with E-state index < -0.39 is 0 Å². The lowest BCUT2D eigenvalue weighted by molar-refractivity contribution is 0.197. The molecule has 0 radical (unpaired) electrons. The van der Waals surface area contributed by atoms with Crippen molar-refractivity contribution in [3.8, 4) is 11.5 Å². The third kappa shape index (κ3) is 5.70. The van der Waals surface area contributed by atoms with Gasteiger partial charge in [0, 0.05) is 37.3 Å². The fourth-order valence-electron chi connectivity index (χ4n) is 3.61. The van der Waals surface area contributed by atoms with Crippen LogP contribution in [0.15, 0.2) is 46.0 Å². The van der Waals surface area contributed by atoms with Gasteiger partial charge in [-0.05, 0) is 44.7 Å². The first kappa shape index (κ1) is 21.1. The van der Waals surface area contributed by atoms with E-state index >= 15 is 0 Å². The summed E-state index contributed by atoms with van der Waals surface area (Å²) in [5.74, 6) is 1.51. The Labute approximate surface area is 184 Å². The van der Waals surface area contributed by atoms with Gasteiger partial charge in [-0.2, -0.15) is 0 Å². The largest absolute Gasteiger partial charge is 0.444 e. The first-order chi connectivity index (χ1) is 13.3. The fraction of sp³-hybridized carbons (Fsp3) is 0.524. The quantitative estimate of drug-likeness (QED) is 0.364. The molecule has 1 aromatic carbocycles. The molecule has 28 heavy (non-hydrogen) atoms. The summed E-state index contributed by atoms with van der Waals surface area (Å²) in [5.41, 5.74) is 1.83. The minimum atomic E-state index is 0. The van der Waals surface area contributed by atoms with Gasteiger partial charge in [0.25, 0.3) is 0 Å². The zero-order chi connectivity index (χ0) is 18.5. The van der Waals surface area contributed by atoms with E-state index in [-0.39, 0.29) is 24.0 Å². The van der Waals surface area contributed by atoms with Crippen LogP contribution in [-0.2, 0) is 6.54 Å². The summed E-state index contributed by atoms with van der Waals surface area (Å²) in [5, 5.41) is 6.95. The standard InChI is InChI=1S/C21H29N5O.HI/c1-2-22-21(25-17-10-12-26(13-11-17)19-8-9-19)23-14-18-15-27-20(24-18)16-6-4-3-5-7-16;/h3-7,15,17,19H,2,8-14H2,1H3,(H2,22,23,25);1H. The number of hydrogen-bond acceptors (Lipinski definition) is 4. The average Bonchev–Trinajstić information content (AvgIpc) is 3.45. The van der Waals surface area contributed by atoms with Gasteiger partial charge in [-0.25, -0.2) is 9.98 Å². The molecule has 0 atom stereocenters. The number of piperidine rings is 1. The molecule has 2 heterocycles. The molecule has 7 heteroatoms. The van der Waals surface area contributed by atoms with Crippen molar-refractivity contribution in [1.82, 2.24) is 20.5 Å². The molecule has 0 unspecified atom stereocenters. The van der Waals surface area contributed by atoms with E-state index in [1.165, 1.54) is 38.8 Å². The SMILES string of the molecule is CCNC(=NCc1coc(-c2ccccc2)n1)NC1CCN(C2CC2)CC1.I. The highest BCUT2D eigenvalue weighted by atomic mass is 127. The number of guanidine groups is 1. The van der Waals surface area contributed by atoms with Gasteiger partial charge in [0.05, 0.1) is 6.54 Å². The molecule has 1 aliphatic heterocycles. The number of oxazole rings is 1. The molecule has 0 spiro atoms. The molecule has 0 amide bonds. The maximum atomic E-state index is 5.61. The number of benzene rings is 1. The van der Waals surface area contributed by atoms with Gasteiger partial charge >= 0.3 is 0 Å². The zero-order valence-electron chi connectivity index (χ0n) is 16.4. The van der Waals surface area contributed by atoms with Crippen molar-refractivity contribution in [3.63, 3.8) is 0 Å². The minimum absolute atomic E-state index is 0. The maximum Gasteiger partial charge on any atom is 0.226 e. The molecule has 6 nitrogen and oxygen atoms in total. The Morgan fingerprint density at radius 1 is 1.18 bits per heavy atom. The first-order valence-corrected chi connectivity index (χ1v) is 10.1. The molecule has 2 fully saturated rings. The van der Waals surface area contributed by atoms with Crippen LogP contribution in [0.2, 0.25) is 0 Å². The molecule has 2 aliphatic rings. The van der Waals surface area contributed by atoms with Crippen LogP contribution in [0.3, 0.4) is 0 Å². The van der Waals surface area contributed by atoms with E-state index in [1.807, 2.05) is 30.3 Å². The van der Waals surface area contributed by atoms with Gasteiger partial charge in [-0.15, -0.1) is 24.0 Å². The molecule has 1 saturated heterocycles. The van der Waals surface area contributed by atoms with Gasteiger partial charge < -0.3 is 20.0 Å². The van der Waals surface area contributed by atoms with Crippen molar-refractivity contribution in [2.45, 2.75) is 51.2 Å². The number of aliphatic imine (C=N–C) groups is 1. The monoisotopic (exact) mass is 495 g/mol. The molecule has 2 N–H and O–H groups in total. The van der Waals surface area contributed by atoms with E-state index in [0.717, 1.165) is 29.8 Å². The van der Waals surface area contributed by atoms with Crippen LogP contribution in [0.25, 0.3) is 11.5 Å². The number of halogens is 1. The van der Waals surface area contributed by atoms with Crippen LogP contribution in [0.5, 0.6) is 0 Å². The van der Waals surface area contributed by atoms with Crippen molar-refractivity contribution < 1.29 is 4.42 Å². The van der Waals surface area contributed by atoms with Gasteiger partial charge in [-0.3, -0.25) is 0 Å². The summed E-state index contributed by atoms with van der Waals surface area (Å²) in [6, 6.07) is 11.3. The van der Waals surface area contributed by atoms with Crippen LogP contribution >= 0.6 is 24.0 Å². The number of likely N-dealkylation sites (tertiary alicyclic amines) is 1. The molecule has 4 rings (SSSR count). The maximum absolute atomic E-state index is 5.61. The topological polar surface area (TPSA) is 65.7 Å². The summed E-state index contributed by atoms with van der Waals surface area (Å²) in [7, 11) is 0. The van der Waals surface area contributed by atoms with E-state index in [4.69, 9.17) is 9.41 Å². The smallest absolute Gasteiger partial charge is 0.226 e. The Bertz CT molecular complexity index is 751. The Balaban J connectivity index is 0.00000225. The van der Waals surface area contributed by atoms with Crippen molar-refractivity contribution >= 4 is 29.9 Å². The highest BCUT2D eigenvalue weighted by molar-refractivity contribution is 14.0. The van der Waals surface area contributed by atoms with Crippen LogP contribution in [0, 0.1) is 0 Å². The third-order valence-electron chi connectivity index (χ3n) is 5.25. The Hall–Kier alpha value is -1.61. The molecule has 1 aromatic heterocycles. The van der Waals surface area contributed by atoms with Crippen LogP contribution in [0.1, 0.15) is 38.3 Å². The molecular formula is C21H30IN5O. The van der Waals surface area contributed by atoms with Gasteiger partial charge in [0.2, 0.25) is 5.89 Å². The average molecular weight is 495 g/mol. The van der Waals surface area contributed by atoms with E-state index in [2.05, 4.69) is 27.4 Å². The van der Waals surface area contributed by atoms with Gasteiger partial charge in [0.15, 0.2) is 5.96 Å². The molecule has 2 aromatic rings. The first-order valence-electron chi connectivity index (χ1n) is 10.1. The normalized spacial score (nSPS) is 18.5. The van der Waals surface area contributed by atoms with Gasteiger partial charge in [-0.1, -0.05) is 18.2 Å². The fourth-order valence-corrected chi connectivity index (χ4v) is 3.61. The minimum Gasteiger partial charge on any atom is -0.444 e. The van der Waals surface area contributed by atoms with Crippen molar-refractivity contribution in [3.05, 3.63) is 42.3 Å². The summed E-state index contributed by atoms with van der Waals surface area (Å²) in [6.07, 6.45) is 6.85. The summed E-state index contributed by atoms with van der Waals surface area (Å²) in [6.45, 7) is 5.85. The molecular weight excluding hydrogens is 465 g/mol. The van der Waals surface area contributed by atoms with Gasteiger partial charge in [0.1, 0.15) is 12.0 Å². The number of hydrogen-bond donors (Lipinski definition) is 2. The number of nitrogens with one attached hydrogen (secondary N) is 2. The lowest BCUT2D eigenvalue weighted by Crippen LogP contribution is -2.49.